The molecule has 1 unspecified atom stereocenters. The van der Waals surface area contributed by atoms with Crippen LogP contribution in [0.25, 0.3) is 11.3 Å². The number of benzene rings is 2. The van der Waals surface area contributed by atoms with Gasteiger partial charge >= 0.3 is 0 Å². The number of aromatic nitrogens is 5. The van der Waals surface area contributed by atoms with Crippen molar-refractivity contribution in [3.8, 4) is 11.3 Å². The van der Waals surface area contributed by atoms with E-state index < -0.39 is 0 Å². The van der Waals surface area contributed by atoms with Crippen LogP contribution in [0.15, 0.2) is 67.1 Å². The van der Waals surface area contributed by atoms with E-state index in [1.165, 1.54) is 16.7 Å². The van der Waals surface area contributed by atoms with Crippen molar-refractivity contribution in [2.24, 2.45) is 0 Å². The van der Waals surface area contributed by atoms with E-state index in [2.05, 4.69) is 81.7 Å². The number of hydrogen-bond donors (Lipinski definition) is 1. The fourth-order valence-corrected chi connectivity index (χ4v) is 4.06. The maximum absolute atomic E-state index is 4.95. The van der Waals surface area contributed by atoms with Crippen LogP contribution in [0, 0.1) is 6.92 Å². The smallest absolute Gasteiger partial charge is 0.138 e. The number of nitrogens with one attached hydrogen (secondary N) is 1. The van der Waals surface area contributed by atoms with Gasteiger partial charge in [-0.3, -0.25) is 4.68 Å². The zero-order valence-corrected chi connectivity index (χ0v) is 17.2. The number of aryl methyl sites for hydroxylation is 2. The van der Waals surface area contributed by atoms with Gasteiger partial charge in [0.1, 0.15) is 12.2 Å². The lowest BCUT2D eigenvalue weighted by Crippen LogP contribution is -2.37. The molecule has 6 heteroatoms. The Balaban J connectivity index is 1.37. The van der Waals surface area contributed by atoms with Crippen molar-refractivity contribution in [1.82, 2.24) is 29.9 Å². The van der Waals surface area contributed by atoms with Crippen LogP contribution >= 0.6 is 0 Å². The first-order valence-electron chi connectivity index (χ1n) is 10.5. The zero-order valence-electron chi connectivity index (χ0n) is 17.2. The minimum Gasteiger partial charge on any atom is -0.308 e. The van der Waals surface area contributed by atoms with Gasteiger partial charge in [0.15, 0.2) is 0 Å². The van der Waals surface area contributed by atoms with Gasteiger partial charge in [-0.25, -0.2) is 9.67 Å². The van der Waals surface area contributed by atoms with Crippen molar-refractivity contribution in [1.29, 1.82) is 0 Å². The maximum atomic E-state index is 4.95. The van der Waals surface area contributed by atoms with Crippen molar-refractivity contribution < 1.29 is 0 Å². The molecule has 0 aliphatic carbocycles. The fourth-order valence-electron chi connectivity index (χ4n) is 4.06. The largest absolute Gasteiger partial charge is 0.308 e. The number of hydrogen-bond acceptors (Lipinski definition) is 4. The summed E-state index contributed by atoms with van der Waals surface area (Å²) < 4.78 is 4.07. The number of nitrogens with zero attached hydrogens (tertiary/aromatic N) is 5. The molecular weight excluding hydrogens is 372 g/mol. The van der Waals surface area contributed by atoms with Crippen LogP contribution in [-0.2, 0) is 26.1 Å². The molecule has 3 heterocycles. The topological polar surface area (TPSA) is 60.6 Å². The Bertz CT molecular complexity index is 1110. The molecule has 152 valence electrons. The maximum Gasteiger partial charge on any atom is 0.138 e. The molecule has 0 spiro atoms. The van der Waals surface area contributed by atoms with E-state index in [-0.39, 0.29) is 0 Å². The predicted octanol–water partition coefficient (Wildman–Crippen LogP) is 3.60. The van der Waals surface area contributed by atoms with Gasteiger partial charge in [-0.2, -0.15) is 10.2 Å². The normalized spacial score (nSPS) is 15.8. The molecule has 30 heavy (non-hydrogen) atoms. The third-order valence-corrected chi connectivity index (χ3v) is 5.74. The zero-order chi connectivity index (χ0) is 20.3. The Labute approximate surface area is 176 Å². The molecule has 0 saturated carbocycles. The van der Waals surface area contributed by atoms with Gasteiger partial charge in [0.2, 0.25) is 0 Å². The molecule has 5 rings (SSSR count). The first-order chi connectivity index (χ1) is 14.7. The van der Waals surface area contributed by atoms with E-state index in [0.717, 1.165) is 49.6 Å². The van der Waals surface area contributed by atoms with E-state index in [0.29, 0.717) is 6.04 Å². The summed E-state index contributed by atoms with van der Waals surface area (Å²) in [7, 11) is 0. The highest BCUT2D eigenvalue weighted by atomic mass is 15.3. The predicted molar refractivity (Wildman–Crippen MR) is 117 cm³/mol. The van der Waals surface area contributed by atoms with Crippen LogP contribution in [0.5, 0.6) is 0 Å². The molecule has 0 bridgehead atoms. The molecule has 1 aliphatic heterocycles. The van der Waals surface area contributed by atoms with Crippen LogP contribution < -0.4 is 5.32 Å². The molecule has 4 aromatic rings. The van der Waals surface area contributed by atoms with Gasteiger partial charge in [-0.05, 0) is 18.9 Å². The summed E-state index contributed by atoms with van der Waals surface area (Å²) in [6.07, 6.45) is 5.88. The molecule has 1 N–H and O–H groups in total. The average Bonchev–Trinajstić information content (AvgIpc) is 3.40. The summed E-state index contributed by atoms with van der Waals surface area (Å²) in [4.78, 5) is 4.32. The fraction of sp³-hybridized carbons (Fsp3) is 0.292. The van der Waals surface area contributed by atoms with Crippen LogP contribution in [0.3, 0.4) is 0 Å². The molecule has 0 amide bonds. The van der Waals surface area contributed by atoms with Crippen molar-refractivity contribution in [3.63, 3.8) is 0 Å². The van der Waals surface area contributed by atoms with Crippen molar-refractivity contribution >= 4 is 0 Å². The summed E-state index contributed by atoms with van der Waals surface area (Å²) in [6, 6.07) is 19.5. The summed E-state index contributed by atoms with van der Waals surface area (Å²) in [5, 5.41) is 13.0. The minimum atomic E-state index is 0.391. The molecule has 2 aromatic carbocycles. The Morgan fingerprint density at radius 3 is 2.73 bits per heavy atom. The van der Waals surface area contributed by atoms with E-state index in [1.54, 1.807) is 6.33 Å². The van der Waals surface area contributed by atoms with Gasteiger partial charge in [0, 0.05) is 36.3 Å². The summed E-state index contributed by atoms with van der Waals surface area (Å²) in [5.41, 5.74) is 5.94. The van der Waals surface area contributed by atoms with E-state index in [9.17, 15) is 0 Å². The lowest BCUT2D eigenvalue weighted by molar-refractivity contribution is 0.358. The quantitative estimate of drug-likeness (QED) is 0.539. The number of fused-ring (bicyclic) bond motifs is 1. The highest BCUT2D eigenvalue weighted by molar-refractivity contribution is 5.63. The SMILES string of the molecule is Cc1ccc(-c2nn(Cc3ccccc3)cc2CNC2CCc3ncnn3C2)cc1. The number of rotatable bonds is 6. The second-order valence-corrected chi connectivity index (χ2v) is 8.03. The lowest BCUT2D eigenvalue weighted by Gasteiger charge is -2.23. The van der Waals surface area contributed by atoms with Crippen LogP contribution in [0.2, 0.25) is 0 Å². The van der Waals surface area contributed by atoms with Crippen molar-refractivity contribution in [3.05, 3.63) is 89.6 Å². The Morgan fingerprint density at radius 1 is 1.07 bits per heavy atom. The molecule has 1 atom stereocenters. The summed E-state index contributed by atoms with van der Waals surface area (Å²) >= 11 is 0. The van der Waals surface area contributed by atoms with Crippen molar-refractivity contribution in [2.45, 2.75) is 45.4 Å². The average molecular weight is 399 g/mol. The van der Waals surface area contributed by atoms with E-state index >= 15 is 0 Å². The van der Waals surface area contributed by atoms with Gasteiger partial charge in [-0.1, -0.05) is 60.2 Å². The first-order valence-corrected chi connectivity index (χ1v) is 10.5. The third-order valence-electron chi connectivity index (χ3n) is 5.74. The summed E-state index contributed by atoms with van der Waals surface area (Å²) in [6.45, 7) is 4.53. The lowest BCUT2D eigenvalue weighted by atomic mass is 10.0. The highest BCUT2D eigenvalue weighted by Crippen LogP contribution is 2.24. The Kier molecular flexibility index (Phi) is 5.15. The van der Waals surface area contributed by atoms with Gasteiger partial charge in [0.05, 0.1) is 18.8 Å². The van der Waals surface area contributed by atoms with Crippen LogP contribution in [0.1, 0.15) is 28.9 Å². The Morgan fingerprint density at radius 2 is 1.90 bits per heavy atom. The van der Waals surface area contributed by atoms with Crippen molar-refractivity contribution in [2.75, 3.05) is 0 Å². The second kappa shape index (κ2) is 8.24. The molecular formula is C24H26N6. The van der Waals surface area contributed by atoms with Gasteiger partial charge in [-0.15, -0.1) is 0 Å². The Hall–Kier alpha value is -3.25. The minimum absolute atomic E-state index is 0.391. The van der Waals surface area contributed by atoms with E-state index in [1.807, 2.05) is 10.7 Å². The monoisotopic (exact) mass is 398 g/mol. The molecule has 0 fully saturated rings. The van der Waals surface area contributed by atoms with E-state index in [4.69, 9.17) is 5.10 Å². The second-order valence-electron chi connectivity index (χ2n) is 8.03. The standard InChI is InChI=1S/C24H26N6/c1-18-7-9-20(10-8-18)24-21(15-29(28-24)14-19-5-3-2-4-6-19)13-25-22-11-12-23-26-17-27-30(23)16-22/h2-10,15,17,22,25H,11-14,16H2,1H3. The molecule has 0 saturated heterocycles. The van der Waals surface area contributed by atoms with Gasteiger partial charge in [0.25, 0.3) is 0 Å². The van der Waals surface area contributed by atoms with Crippen LogP contribution in [0.4, 0.5) is 0 Å². The molecule has 0 radical (unpaired) electrons. The van der Waals surface area contributed by atoms with Crippen LogP contribution in [-0.4, -0.2) is 30.6 Å². The first kappa shape index (κ1) is 18.8. The highest BCUT2D eigenvalue weighted by Gasteiger charge is 2.20. The molecule has 1 aliphatic rings. The van der Waals surface area contributed by atoms with Gasteiger partial charge < -0.3 is 5.32 Å². The molecule has 2 aromatic heterocycles. The summed E-state index contributed by atoms with van der Waals surface area (Å²) in [5.74, 6) is 1.09. The third kappa shape index (κ3) is 4.04. The molecule has 6 nitrogen and oxygen atoms in total.